The van der Waals surface area contributed by atoms with Crippen LogP contribution < -0.4 is 5.43 Å². The summed E-state index contributed by atoms with van der Waals surface area (Å²) >= 11 is 1.69. The summed E-state index contributed by atoms with van der Waals surface area (Å²) in [5.41, 5.74) is 0.917. The molecule has 0 atom stereocenters. The van der Waals surface area contributed by atoms with Crippen molar-refractivity contribution in [3.63, 3.8) is 0 Å². The molecule has 3 rings (SSSR count). The van der Waals surface area contributed by atoms with Gasteiger partial charge in [-0.1, -0.05) is 18.2 Å². The highest BCUT2D eigenvalue weighted by Gasteiger charge is 2.03. The van der Waals surface area contributed by atoms with Crippen molar-refractivity contribution in [3.8, 4) is 10.6 Å². The molecule has 3 aromatic rings. The van der Waals surface area contributed by atoms with Crippen LogP contribution in [0.1, 0.15) is 0 Å². The van der Waals surface area contributed by atoms with Crippen LogP contribution in [0.5, 0.6) is 0 Å². The number of thiophene rings is 1. The molecular formula is C13H9NOS. The highest BCUT2D eigenvalue weighted by molar-refractivity contribution is 7.22. The summed E-state index contributed by atoms with van der Waals surface area (Å²) in [6.07, 6.45) is 1.68. The first-order chi connectivity index (χ1) is 7.83. The maximum absolute atomic E-state index is 11.3. The van der Waals surface area contributed by atoms with E-state index in [0.717, 1.165) is 10.6 Å². The second-order valence-electron chi connectivity index (χ2n) is 3.59. The van der Waals surface area contributed by atoms with Gasteiger partial charge in [-0.05, 0) is 17.5 Å². The summed E-state index contributed by atoms with van der Waals surface area (Å²) in [5, 5.41) is 1.22. The molecule has 3 heteroatoms. The first-order valence-electron chi connectivity index (χ1n) is 5.01. The molecule has 0 aliphatic heterocycles. The Balaban J connectivity index is 2.23. The fraction of sp³-hybridized carbons (Fsp3) is 0. The number of hydrogen-bond acceptors (Lipinski definition) is 2. The minimum absolute atomic E-state index is 0.0335. The number of H-pyrrole nitrogens is 1. The van der Waals surface area contributed by atoms with Gasteiger partial charge in [-0.25, -0.2) is 0 Å². The molecule has 0 fully saturated rings. The van der Waals surface area contributed by atoms with Crippen molar-refractivity contribution in [2.45, 2.75) is 0 Å². The van der Waals surface area contributed by atoms with Crippen molar-refractivity contribution in [2.75, 3.05) is 0 Å². The van der Waals surface area contributed by atoms with Crippen LogP contribution in [0.2, 0.25) is 0 Å². The summed E-state index contributed by atoms with van der Waals surface area (Å²) < 4.78 is 1.24. The molecule has 0 bridgehead atoms. The third-order valence-corrected chi connectivity index (χ3v) is 3.61. The van der Waals surface area contributed by atoms with E-state index in [-0.39, 0.29) is 5.43 Å². The number of fused-ring (bicyclic) bond motifs is 1. The van der Waals surface area contributed by atoms with E-state index in [2.05, 4.69) is 23.2 Å². The molecule has 0 radical (unpaired) electrons. The van der Waals surface area contributed by atoms with Gasteiger partial charge in [0.1, 0.15) is 0 Å². The quantitative estimate of drug-likeness (QED) is 0.680. The van der Waals surface area contributed by atoms with E-state index in [9.17, 15) is 4.79 Å². The molecule has 0 spiro atoms. The van der Waals surface area contributed by atoms with Crippen molar-refractivity contribution >= 4 is 21.4 Å². The summed E-state index contributed by atoms with van der Waals surface area (Å²) in [6.45, 7) is 0. The number of rotatable bonds is 1. The van der Waals surface area contributed by atoms with Crippen molar-refractivity contribution < 1.29 is 0 Å². The molecule has 0 saturated carbocycles. The van der Waals surface area contributed by atoms with Gasteiger partial charge in [-0.2, -0.15) is 0 Å². The molecule has 1 aromatic carbocycles. The molecule has 0 amide bonds. The van der Waals surface area contributed by atoms with Crippen molar-refractivity contribution in [1.82, 2.24) is 4.98 Å². The zero-order valence-corrected chi connectivity index (χ0v) is 9.25. The Morgan fingerprint density at radius 2 is 1.94 bits per heavy atom. The third-order valence-electron chi connectivity index (χ3n) is 2.46. The molecule has 2 heterocycles. The predicted octanol–water partition coefficient (Wildman–Crippen LogP) is 3.26. The van der Waals surface area contributed by atoms with Crippen molar-refractivity contribution in [2.24, 2.45) is 0 Å². The van der Waals surface area contributed by atoms with E-state index >= 15 is 0 Å². The maximum atomic E-state index is 11.3. The SMILES string of the molecule is O=c1cc[nH]c(-c2cc3ccccc3s2)c1. The Morgan fingerprint density at radius 3 is 2.75 bits per heavy atom. The van der Waals surface area contributed by atoms with Crippen LogP contribution in [0.3, 0.4) is 0 Å². The largest absolute Gasteiger partial charge is 0.360 e. The zero-order chi connectivity index (χ0) is 11.0. The lowest BCUT2D eigenvalue weighted by molar-refractivity contribution is 1.32. The van der Waals surface area contributed by atoms with Gasteiger partial charge in [0, 0.05) is 23.0 Å². The zero-order valence-electron chi connectivity index (χ0n) is 8.44. The number of nitrogens with one attached hydrogen (secondary N) is 1. The lowest BCUT2D eigenvalue weighted by Crippen LogP contribution is -1.96. The standard InChI is InChI=1S/C13H9NOS/c15-10-5-6-14-11(8-10)13-7-9-3-1-2-4-12(9)16-13/h1-8H,(H,14,15). The Morgan fingerprint density at radius 1 is 1.06 bits per heavy atom. The van der Waals surface area contributed by atoms with E-state index in [1.54, 1.807) is 23.6 Å². The van der Waals surface area contributed by atoms with E-state index in [0.29, 0.717) is 0 Å². The smallest absolute Gasteiger partial charge is 0.182 e. The molecule has 16 heavy (non-hydrogen) atoms. The van der Waals surface area contributed by atoms with Crippen LogP contribution in [0.4, 0.5) is 0 Å². The molecule has 0 saturated heterocycles. The minimum Gasteiger partial charge on any atom is -0.360 e. The average molecular weight is 227 g/mol. The highest BCUT2D eigenvalue weighted by Crippen LogP contribution is 2.31. The van der Waals surface area contributed by atoms with Gasteiger partial charge < -0.3 is 4.98 Å². The van der Waals surface area contributed by atoms with Gasteiger partial charge >= 0.3 is 0 Å². The summed E-state index contributed by atoms with van der Waals surface area (Å²) in [5.74, 6) is 0. The van der Waals surface area contributed by atoms with Gasteiger partial charge in [0.2, 0.25) is 0 Å². The Bertz CT molecular complexity index is 663. The maximum Gasteiger partial charge on any atom is 0.182 e. The molecule has 0 aliphatic rings. The molecule has 0 unspecified atom stereocenters. The van der Waals surface area contributed by atoms with Crippen LogP contribution in [-0.4, -0.2) is 4.98 Å². The number of hydrogen-bond donors (Lipinski definition) is 1. The second-order valence-corrected chi connectivity index (χ2v) is 4.67. The van der Waals surface area contributed by atoms with Crippen LogP contribution in [-0.2, 0) is 0 Å². The molecule has 1 N–H and O–H groups in total. The Kier molecular flexibility index (Phi) is 2.11. The Hall–Kier alpha value is -1.87. The Labute approximate surface area is 96.2 Å². The first kappa shape index (κ1) is 9.36. The number of aromatic amines is 1. The minimum atomic E-state index is 0.0335. The molecule has 2 nitrogen and oxygen atoms in total. The van der Waals surface area contributed by atoms with Gasteiger partial charge in [0.15, 0.2) is 5.43 Å². The topological polar surface area (TPSA) is 32.9 Å². The fourth-order valence-corrected chi connectivity index (χ4v) is 2.74. The summed E-state index contributed by atoms with van der Waals surface area (Å²) in [4.78, 5) is 15.5. The third kappa shape index (κ3) is 1.55. The highest BCUT2D eigenvalue weighted by atomic mass is 32.1. The first-order valence-corrected chi connectivity index (χ1v) is 5.82. The lowest BCUT2D eigenvalue weighted by Gasteiger charge is -1.94. The van der Waals surface area contributed by atoms with E-state index in [4.69, 9.17) is 0 Å². The predicted molar refractivity (Wildman–Crippen MR) is 67.9 cm³/mol. The average Bonchev–Trinajstić information content (AvgIpc) is 2.72. The number of aromatic nitrogens is 1. The van der Waals surface area contributed by atoms with Crippen LogP contribution in [0, 0.1) is 0 Å². The number of benzene rings is 1. The van der Waals surface area contributed by atoms with Crippen LogP contribution >= 0.6 is 11.3 Å². The van der Waals surface area contributed by atoms with Gasteiger partial charge in [-0.15, -0.1) is 11.3 Å². The molecule has 2 aromatic heterocycles. The van der Waals surface area contributed by atoms with Gasteiger partial charge in [0.05, 0.1) is 10.6 Å². The van der Waals surface area contributed by atoms with E-state index in [1.807, 2.05) is 12.1 Å². The van der Waals surface area contributed by atoms with Crippen molar-refractivity contribution in [1.29, 1.82) is 0 Å². The monoisotopic (exact) mass is 227 g/mol. The normalized spacial score (nSPS) is 10.8. The lowest BCUT2D eigenvalue weighted by atomic mass is 10.2. The fourth-order valence-electron chi connectivity index (χ4n) is 1.70. The summed E-state index contributed by atoms with van der Waals surface area (Å²) in [7, 11) is 0. The second kappa shape index (κ2) is 3.61. The molecule has 78 valence electrons. The molecular weight excluding hydrogens is 218 g/mol. The van der Waals surface area contributed by atoms with Gasteiger partial charge in [-0.3, -0.25) is 4.79 Å². The van der Waals surface area contributed by atoms with E-state index < -0.39 is 0 Å². The van der Waals surface area contributed by atoms with Gasteiger partial charge in [0.25, 0.3) is 0 Å². The molecule has 0 aliphatic carbocycles. The van der Waals surface area contributed by atoms with Crippen LogP contribution in [0.25, 0.3) is 20.7 Å². The van der Waals surface area contributed by atoms with Crippen LogP contribution in [0.15, 0.2) is 53.5 Å². The summed E-state index contributed by atoms with van der Waals surface area (Å²) in [6, 6.07) is 13.5. The van der Waals surface area contributed by atoms with E-state index in [1.165, 1.54) is 16.2 Å². The number of pyridine rings is 1. The van der Waals surface area contributed by atoms with Crippen molar-refractivity contribution in [3.05, 3.63) is 58.9 Å².